The van der Waals surface area contributed by atoms with Gasteiger partial charge < -0.3 is 9.32 Å². The number of fused-ring (bicyclic) bond motifs is 9. The summed E-state index contributed by atoms with van der Waals surface area (Å²) in [7, 11) is 0. The van der Waals surface area contributed by atoms with Crippen molar-refractivity contribution in [3.63, 3.8) is 0 Å². The van der Waals surface area contributed by atoms with Gasteiger partial charge >= 0.3 is 0 Å². The van der Waals surface area contributed by atoms with Crippen LogP contribution >= 0.6 is 0 Å². The van der Waals surface area contributed by atoms with Gasteiger partial charge in [-0.15, -0.1) is 0 Å². The Hall–Kier alpha value is -6.90. The Morgan fingerprint density at radius 3 is 1.85 bits per heavy atom. The third kappa shape index (κ3) is 4.95. The molecule has 0 N–H and O–H groups in total. The molecule has 260 valence electrons. The van der Waals surface area contributed by atoms with Crippen LogP contribution in [0.25, 0.3) is 76.9 Å². The SMILES string of the molecule is CC1(C)c2ccccc2-c2ccc(N(c3cccc(-c4ccccc4-c4ccccc4)c3)c3ccc4c(ccc5cc6oc7ccccc7c6cc54)c3)cc21. The number of benzene rings is 9. The molecule has 0 unspecified atom stereocenters. The maximum Gasteiger partial charge on any atom is 0.136 e. The number of para-hydroxylation sites is 1. The highest BCUT2D eigenvalue weighted by atomic mass is 16.3. The van der Waals surface area contributed by atoms with Crippen molar-refractivity contribution in [3.8, 4) is 33.4 Å². The summed E-state index contributed by atoms with van der Waals surface area (Å²) in [4.78, 5) is 2.43. The van der Waals surface area contributed by atoms with Gasteiger partial charge in [-0.1, -0.05) is 147 Å². The molecule has 0 atom stereocenters. The van der Waals surface area contributed by atoms with Gasteiger partial charge in [0.1, 0.15) is 11.2 Å². The van der Waals surface area contributed by atoms with E-state index in [-0.39, 0.29) is 5.41 Å². The maximum atomic E-state index is 6.26. The van der Waals surface area contributed by atoms with Gasteiger partial charge in [-0.25, -0.2) is 0 Å². The molecule has 2 heteroatoms. The molecular weight excluding hydrogens is 667 g/mol. The molecule has 11 rings (SSSR count). The van der Waals surface area contributed by atoms with Crippen LogP contribution < -0.4 is 4.90 Å². The molecule has 10 aromatic rings. The third-order valence-corrected chi connectivity index (χ3v) is 11.8. The lowest BCUT2D eigenvalue weighted by atomic mass is 9.82. The van der Waals surface area contributed by atoms with Gasteiger partial charge in [-0.05, 0) is 121 Å². The van der Waals surface area contributed by atoms with Gasteiger partial charge in [0, 0.05) is 33.2 Å². The number of furan rings is 1. The van der Waals surface area contributed by atoms with E-state index in [0.717, 1.165) is 39.0 Å². The van der Waals surface area contributed by atoms with E-state index in [0.29, 0.717) is 0 Å². The minimum atomic E-state index is -0.116. The molecule has 0 radical (unpaired) electrons. The molecule has 0 fully saturated rings. The van der Waals surface area contributed by atoms with E-state index in [1.807, 2.05) is 12.1 Å². The van der Waals surface area contributed by atoms with Gasteiger partial charge in [0.05, 0.1) is 0 Å². The molecule has 1 aromatic heterocycles. The van der Waals surface area contributed by atoms with Crippen molar-refractivity contribution >= 4 is 60.5 Å². The summed E-state index contributed by atoms with van der Waals surface area (Å²) >= 11 is 0. The summed E-state index contributed by atoms with van der Waals surface area (Å²) in [6.07, 6.45) is 0. The number of anilines is 3. The van der Waals surface area contributed by atoms with Crippen LogP contribution in [0.2, 0.25) is 0 Å². The van der Waals surface area contributed by atoms with Crippen molar-refractivity contribution in [2.45, 2.75) is 19.3 Å². The lowest BCUT2D eigenvalue weighted by Gasteiger charge is -2.29. The Kier molecular flexibility index (Phi) is 6.93. The third-order valence-electron chi connectivity index (χ3n) is 11.8. The molecule has 0 saturated carbocycles. The predicted molar refractivity (Wildman–Crippen MR) is 232 cm³/mol. The lowest BCUT2D eigenvalue weighted by molar-refractivity contribution is 0.660. The summed E-state index contributed by atoms with van der Waals surface area (Å²) < 4.78 is 6.26. The van der Waals surface area contributed by atoms with Crippen LogP contribution in [-0.4, -0.2) is 0 Å². The van der Waals surface area contributed by atoms with Crippen LogP contribution in [0.1, 0.15) is 25.0 Å². The Morgan fingerprint density at radius 1 is 0.364 bits per heavy atom. The fourth-order valence-electron chi connectivity index (χ4n) is 9.11. The van der Waals surface area contributed by atoms with Gasteiger partial charge in [0.25, 0.3) is 0 Å². The number of nitrogens with zero attached hydrogens (tertiary/aromatic N) is 1. The summed E-state index contributed by atoms with van der Waals surface area (Å²) in [6.45, 7) is 4.71. The molecule has 0 spiro atoms. The normalized spacial score (nSPS) is 13.1. The van der Waals surface area contributed by atoms with Crippen molar-refractivity contribution in [1.29, 1.82) is 0 Å². The number of hydrogen-bond donors (Lipinski definition) is 0. The second kappa shape index (κ2) is 12.1. The molecule has 2 nitrogen and oxygen atoms in total. The lowest BCUT2D eigenvalue weighted by Crippen LogP contribution is -2.16. The first kappa shape index (κ1) is 31.6. The van der Waals surface area contributed by atoms with Gasteiger partial charge in [-0.3, -0.25) is 0 Å². The van der Waals surface area contributed by atoms with Gasteiger partial charge in [0.15, 0.2) is 0 Å². The highest BCUT2D eigenvalue weighted by molar-refractivity contribution is 6.16. The van der Waals surface area contributed by atoms with Crippen molar-refractivity contribution in [3.05, 3.63) is 199 Å². The van der Waals surface area contributed by atoms with Crippen molar-refractivity contribution in [2.24, 2.45) is 0 Å². The van der Waals surface area contributed by atoms with E-state index in [1.165, 1.54) is 66.1 Å². The molecule has 1 aliphatic rings. The predicted octanol–water partition coefficient (Wildman–Crippen LogP) is 15.0. The molecule has 0 saturated heterocycles. The molecule has 0 amide bonds. The maximum absolute atomic E-state index is 6.26. The first-order valence-corrected chi connectivity index (χ1v) is 19.1. The molecule has 0 bridgehead atoms. The minimum Gasteiger partial charge on any atom is -0.456 e. The van der Waals surface area contributed by atoms with Crippen molar-refractivity contribution in [1.82, 2.24) is 0 Å². The van der Waals surface area contributed by atoms with Crippen LogP contribution in [-0.2, 0) is 5.41 Å². The zero-order valence-corrected chi connectivity index (χ0v) is 30.8. The van der Waals surface area contributed by atoms with Crippen LogP contribution in [0.5, 0.6) is 0 Å². The Balaban J connectivity index is 1.10. The first-order valence-electron chi connectivity index (χ1n) is 19.1. The Morgan fingerprint density at radius 2 is 1.00 bits per heavy atom. The summed E-state index contributed by atoms with van der Waals surface area (Å²) in [5, 5.41) is 7.12. The van der Waals surface area contributed by atoms with E-state index in [4.69, 9.17) is 4.42 Å². The van der Waals surface area contributed by atoms with E-state index in [9.17, 15) is 0 Å². The van der Waals surface area contributed by atoms with Crippen LogP contribution in [0.3, 0.4) is 0 Å². The van der Waals surface area contributed by atoms with Crippen LogP contribution in [0.15, 0.2) is 192 Å². The molecule has 55 heavy (non-hydrogen) atoms. The summed E-state index contributed by atoms with van der Waals surface area (Å²) in [6, 6.07) is 68.6. The highest BCUT2D eigenvalue weighted by Gasteiger charge is 2.35. The van der Waals surface area contributed by atoms with Crippen molar-refractivity contribution < 1.29 is 4.42 Å². The first-order chi connectivity index (χ1) is 27.0. The van der Waals surface area contributed by atoms with Gasteiger partial charge in [-0.2, -0.15) is 0 Å². The van der Waals surface area contributed by atoms with E-state index < -0.39 is 0 Å². The average Bonchev–Trinajstić information content (AvgIpc) is 3.71. The second-order valence-corrected chi connectivity index (χ2v) is 15.3. The van der Waals surface area contributed by atoms with Gasteiger partial charge in [0.2, 0.25) is 0 Å². The fourth-order valence-corrected chi connectivity index (χ4v) is 9.11. The van der Waals surface area contributed by atoms with E-state index in [2.05, 4.69) is 195 Å². The molecular formula is C53H37NO. The second-order valence-electron chi connectivity index (χ2n) is 15.3. The molecule has 1 heterocycles. The van der Waals surface area contributed by atoms with E-state index in [1.54, 1.807) is 0 Å². The topological polar surface area (TPSA) is 16.4 Å². The zero-order chi connectivity index (χ0) is 36.7. The highest BCUT2D eigenvalue weighted by Crippen LogP contribution is 2.51. The smallest absolute Gasteiger partial charge is 0.136 e. The standard InChI is InChI=1S/C53H37NO/c1-53(2)49-21-10-8-19-44(49)45-28-26-40(32-50(45)53)54(38-16-12-15-35(29-38)42-18-7-6-17-41(42)34-13-4-3-5-14-34)39-25-27-43-36(30-39)23-24-37-31-52-48(33-47(37)43)46-20-9-11-22-51(46)55-52/h3-33H,1-2H3. The molecule has 1 aliphatic carbocycles. The minimum absolute atomic E-state index is 0.116. The number of hydrogen-bond acceptors (Lipinski definition) is 2. The quantitative estimate of drug-likeness (QED) is 0.166. The Bertz CT molecular complexity index is 3130. The monoisotopic (exact) mass is 703 g/mol. The molecule has 9 aromatic carbocycles. The average molecular weight is 704 g/mol. The van der Waals surface area contributed by atoms with Crippen LogP contribution in [0, 0.1) is 0 Å². The number of rotatable bonds is 5. The largest absolute Gasteiger partial charge is 0.456 e. The van der Waals surface area contributed by atoms with E-state index >= 15 is 0 Å². The zero-order valence-electron chi connectivity index (χ0n) is 30.8. The van der Waals surface area contributed by atoms with Crippen molar-refractivity contribution in [2.75, 3.05) is 4.90 Å². The Labute approximate surface area is 320 Å². The summed E-state index contributed by atoms with van der Waals surface area (Å²) in [5.74, 6) is 0. The van der Waals surface area contributed by atoms with Crippen LogP contribution in [0.4, 0.5) is 17.1 Å². The summed E-state index contributed by atoms with van der Waals surface area (Å²) in [5.41, 5.74) is 15.3. The fraction of sp³-hybridized carbons (Fsp3) is 0.0566. The molecule has 0 aliphatic heterocycles.